The number of allylic oxidation sites excluding steroid dienone is 32. The third kappa shape index (κ3) is 61.6. The van der Waals surface area contributed by atoms with Crippen LogP contribution >= 0.6 is 0 Å². The number of aliphatic carboxylic acids is 1. The first-order valence-corrected chi connectivity index (χ1v) is 30.6. The van der Waals surface area contributed by atoms with Crippen LogP contribution in [-0.2, 0) is 33.3 Å². The van der Waals surface area contributed by atoms with Crippen molar-refractivity contribution in [1.82, 2.24) is 0 Å². The fourth-order valence-electron chi connectivity index (χ4n) is 7.22. The van der Waals surface area contributed by atoms with Crippen molar-refractivity contribution >= 4 is 17.9 Å². The third-order valence-corrected chi connectivity index (χ3v) is 11.8. The number of nitrogens with zero attached hydrogens (tertiary/aromatic N) is 1. The SMILES string of the molecule is CC/C=C\C/C=C\C/C=C\C/C=C\C/C=C\C/C=C\C/C=C\C/C=C\C/C=C\C/C=C\C/C=C\CCCCCCCC(=O)OC(COC(=O)CCC/C=C\C/C=C\C/C=C\C/C=C\C/C=C\CC)COC(OCC[N+](C)(C)C)C(=O)[O-]. The van der Waals surface area contributed by atoms with Gasteiger partial charge in [0.15, 0.2) is 12.4 Å². The first-order valence-electron chi connectivity index (χ1n) is 30.6. The molecule has 0 N–H and O–H groups in total. The predicted octanol–water partition coefficient (Wildman–Crippen LogP) is 17.3. The summed E-state index contributed by atoms with van der Waals surface area (Å²) in [6, 6.07) is 0. The maximum atomic E-state index is 12.9. The molecule has 0 fully saturated rings. The van der Waals surface area contributed by atoms with Gasteiger partial charge in [0, 0.05) is 12.8 Å². The van der Waals surface area contributed by atoms with E-state index >= 15 is 0 Å². The van der Waals surface area contributed by atoms with Gasteiger partial charge in [-0.1, -0.05) is 228 Å². The van der Waals surface area contributed by atoms with E-state index in [0.717, 1.165) is 141 Å². The standard InChI is InChI=1S/C72H109NO8/c1-6-8-10-12-14-16-18-20-22-24-25-26-27-28-29-30-31-32-33-34-35-36-37-38-39-40-41-42-43-44-45-47-49-51-53-55-57-59-61-63-70(75)81-68(67-80-72(71(76)77)78-65-64-73(3,4)5)66-79-69(74)62-60-58-56-54-52-50-48-46-23-21-19-17-15-13-11-9-7-2/h8-11,14-17,20-23,25-26,28-29,31-32,34-35,37-38,40-41,43-44,47-50,54,56,68,72H,6-7,12-13,18-19,24,27,30,33,36,39,42,45-46,51-53,55,57-67H2,1-5H3/b10-8-,11-9-,16-14-,17-15-,22-20-,23-21-,26-25-,29-28-,32-31-,35-34-,38-37-,41-40-,44-43-,49-47-,50-48-,56-54-. The number of hydrogen-bond acceptors (Lipinski definition) is 8. The molecule has 0 aliphatic carbocycles. The maximum Gasteiger partial charge on any atom is 0.306 e. The molecule has 0 saturated carbocycles. The Morgan fingerprint density at radius 3 is 1.02 bits per heavy atom. The highest BCUT2D eigenvalue weighted by Gasteiger charge is 2.21. The molecule has 0 aliphatic heterocycles. The van der Waals surface area contributed by atoms with Crippen molar-refractivity contribution in [3.8, 4) is 0 Å². The molecule has 0 radical (unpaired) electrons. The Balaban J connectivity index is 4.32. The predicted molar refractivity (Wildman–Crippen MR) is 342 cm³/mol. The summed E-state index contributed by atoms with van der Waals surface area (Å²) in [6.45, 7) is 4.38. The molecule has 81 heavy (non-hydrogen) atoms. The summed E-state index contributed by atoms with van der Waals surface area (Å²) in [7, 11) is 5.88. The van der Waals surface area contributed by atoms with Crippen LogP contribution in [0.2, 0.25) is 0 Å². The van der Waals surface area contributed by atoms with E-state index in [1.165, 1.54) is 0 Å². The number of carbonyl (C=O) groups is 3. The molecule has 0 aromatic heterocycles. The minimum absolute atomic E-state index is 0.123. The minimum Gasteiger partial charge on any atom is -0.545 e. The Morgan fingerprint density at radius 2 is 0.679 bits per heavy atom. The zero-order valence-electron chi connectivity index (χ0n) is 51.1. The highest BCUT2D eigenvalue weighted by Crippen LogP contribution is 2.12. The number of carboxylic acids is 1. The topological polar surface area (TPSA) is 111 Å². The molecule has 450 valence electrons. The first-order chi connectivity index (χ1) is 39.6. The molecule has 0 heterocycles. The van der Waals surface area contributed by atoms with Crippen LogP contribution in [-0.4, -0.2) is 82.3 Å². The largest absolute Gasteiger partial charge is 0.545 e. The molecular weight excluding hydrogens is 1010 g/mol. The van der Waals surface area contributed by atoms with Crippen molar-refractivity contribution < 1.29 is 42.9 Å². The Hall–Kier alpha value is -5.87. The lowest BCUT2D eigenvalue weighted by molar-refractivity contribution is -0.870. The molecule has 0 amide bonds. The first kappa shape index (κ1) is 75.1. The molecule has 0 aromatic rings. The van der Waals surface area contributed by atoms with Gasteiger partial charge in [-0.15, -0.1) is 0 Å². The molecule has 0 saturated heterocycles. The van der Waals surface area contributed by atoms with Gasteiger partial charge in [-0.3, -0.25) is 9.59 Å². The fourth-order valence-corrected chi connectivity index (χ4v) is 7.22. The van der Waals surface area contributed by atoms with Gasteiger partial charge in [-0.05, 0) is 135 Å². The van der Waals surface area contributed by atoms with Crippen molar-refractivity contribution in [1.29, 1.82) is 0 Å². The lowest BCUT2D eigenvalue weighted by Crippen LogP contribution is -2.44. The third-order valence-electron chi connectivity index (χ3n) is 11.8. The van der Waals surface area contributed by atoms with Gasteiger partial charge in [0.25, 0.3) is 0 Å². The van der Waals surface area contributed by atoms with Crippen molar-refractivity contribution in [3.63, 3.8) is 0 Å². The molecule has 0 aliphatic rings. The van der Waals surface area contributed by atoms with E-state index in [2.05, 4.69) is 208 Å². The lowest BCUT2D eigenvalue weighted by atomic mass is 10.1. The van der Waals surface area contributed by atoms with E-state index in [1.54, 1.807) is 0 Å². The number of quaternary nitrogens is 1. The Labute approximate surface area is 493 Å². The van der Waals surface area contributed by atoms with E-state index in [0.29, 0.717) is 23.9 Å². The molecule has 2 atom stereocenters. The minimum atomic E-state index is -1.65. The van der Waals surface area contributed by atoms with Gasteiger partial charge >= 0.3 is 11.9 Å². The molecule has 0 bridgehead atoms. The second-order valence-corrected chi connectivity index (χ2v) is 20.5. The summed E-state index contributed by atoms with van der Waals surface area (Å²) in [6.07, 6.45) is 90.7. The van der Waals surface area contributed by atoms with E-state index in [-0.39, 0.29) is 32.7 Å². The van der Waals surface area contributed by atoms with Crippen LogP contribution in [0.4, 0.5) is 0 Å². The molecule has 9 heteroatoms. The average Bonchev–Trinajstić information content (AvgIpc) is 3.44. The van der Waals surface area contributed by atoms with Crippen LogP contribution in [0.15, 0.2) is 194 Å². The van der Waals surface area contributed by atoms with Crippen LogP contribution < -0.4 is 5.11 Å². The second-order valence-electron chi connectivity index (χ2n) is 20.5. The van der Waals surface area contributed by atoms with E-state index in [4.69, 9.17) is 18.9 Å². The van der Waals surface area contributed by atoms with Crippen LogP contribution in [0.3, 0.4) is 0 Å². The molecule has 0 aromatic carbocycles. The van der Waals surface area contributed by atoms with Crippen molar-refractivity contribution in [2.45, 2.75) is 193 Å². The van der Waals surface area contributed by atoms with Crippen LogP contribution in [0.1, 0.15) is 181 Å². The number of esters is 2. The number of hydrogen-bond donors (Lipinski definition) is 0. The van der Waals surface area contributed by atoms with Gasteiger partial charge in [0.1, 0.15) is 13.2 Å². The van der Waals surface area contributed by atoms with Crippen LogP contribution in [0.25, 0.3) is 0 Å². The summed E-state index contributed by atoms with van der Waals surface area (Å²) >= 11 is 0. The summed E-state index contributed by atoms with van der Waals surface area (Å²) in [4.78, 5) is 37.3. The summed E-state index contributed by atoms with van der Waals surface area (Å²) < 4.78 is 22.6. The zero-order valence-corrected chi connectivity index (χ0v) is 51.1. The Morgan fingerprint density at radius 1 is 0.370 bits per heavy atom. The Kier molecular flexibility index (Phi) is 55.9. The van der Waals surface area contributed by atoms with E-state index in [9.17, 15) is 19.5 Å². The summed E-state index contributed by atoms with van der Waals surface area (Å²) in [5.41, 5.74) is 0. The number of carboxylic acid groups (broad SMARTS) is 1. The smallest absolute Gasteiger partial charge is 0.306 e. The number of unbranched alkanes of at least 4 members (excludes halogenated alkanes) is 6. The molecule has 2 unspecified atom stereocenters. The highest BCUT2D eigenvalue weighted by atomic mass is 16.7. The van der Waals surface area contributed by atoms with Gasteiger partial charge < -0.3 is 33.3 Å². The number of carbonyl (C=O) groups excluding carboxylic acids is 3. The number of rotatable bonds is 53. The van der Waals surface area contributed by atoms with Gasteiger partial charge in [-0.2, -0.15) is 0 Å². The molecular formula is C72H109NO8. The number of ether oxygens (including phenoxy) is 4. The van der Waals surface area contributed by atoms with Gasteiger partial charge in [0.2, 0.25) is 0 Å². The van der Waals surface area contributed by atoms with Gasteiger partial charge in [-0.25, -0.2) is 0 Å². The second kappa shape index (κ2) is 60.2. The zero-order chi connectivity index (χ0) is 59.1. The fraction of sp³-hybridized carbons (Fsp3) is 0.514. The van der Waals surface area contributed by atoms with Crippen LogP contribution in [0, 0.1) is 0 Å². The molecule has 0 rings (SSSR count). The number of likely N-dealkylation sites (N-methyl/N-ethyl adjacent to an activating group) is 1. The monoisotopic (exact) mass is 1120 g/mol. The van der Waals surface area contributed by atoms with Crippen molar-refractivity contribution in [3.05, 3.63) is 194 Å². The molecule has 9 nitrogen and oxygen atoms in total. The maximum absolute atomic E-state index is 12.9. The van der Waals surface area contributed by atoms with Gasteiger partial charge in [0.05, 0.1) is 40.3 Å². The molecule has 0 spiro atoms. The highest BCUT2D eigenvalue weighted by molar-refractivity contribution is 5.70. The van der Waals surface area contributed by atoms with E-state index < -0.39 is 30.3 Å². The average molecular weight is 1120 g/mol. The normalized spacial score (nSPS) is 14.1. The Bertz CT molecular complexity index is 2020. The van der Waals surface area contributed by atoms with Crippen molar-refractivity contribution in [2.75, 3.05) is 47.5 Å². The summed E-state index contributed by atoms with van der Waals surface area (Å²) in [5, 5.41) is 11.8. The lowest BCUT2D eigenvalue weighted by Gasteiger charge is -2.26. The van der Waals surface area contributed by atoms with Crippen LogP contribution in [0.5, 0.6) is 0 Å². The van der Waals surface area contributed by atoms with Crippen molar-refractivity contribution in [2.24, 2.45) is 0 Å². The quantitative estimate of drug-likeness (QED) is 0.0195. The summed E-state index contributed by atoms with van der Waals surface area (Å²) in [5.74, 6) is -2.42. The van der Waals surface area contributed by atoms with E-state index in [1.807, 2.05) is 21.1 Å².